The zero-order valence-corrected chi connectivity index (χ0v) is 19.5. The Bertz CT molecular complexity index is 668. The lowest BCUT2D eigenvalue weighted by atomic mass is 9.79. The van der Waals surface area contributed by atoms with Gasteiger partial charge in [0, 0.05) is 44.6 Å². The van der Waals surface area contributed by atoms with Crippen molar-refractivity contribution in [3.05, 3.63) is 0 Å². The van der Waals surface area contributed by atoms with Gasteiger partial charge in [0.05, 0.1) is 11.5 Å². The number of hydrogen-bond acceptors (Lipinski definition) is 4. The summed E-state index contributed by atoms with van der Waals surface area (Å²) in [5.74, 6) is 2.24. The Labute approximate surface area is 180 Å². The number of piperidine rings is 1. The van der Waals surface area contributed by atoms with Crippen molar-refractivity contribution in [2.24, 2.45) is 22.2 Å². The van der Waals surface area contributed by atoms with Gasteiger partial charge in [0.25, 0.3) is 0 Å². The van der Waals surface area contributed by atoms with Gasteiger partial charge in [-0.15, -0.1) is 24.0 Å². The lowest BCUT2D eigenvalue weighted by Gasteiger charge is -2.41. The minimum atomic E-state index is -2.86. The highest BCUT2D eigenvalue weighted by atomic mass is 127. The first-order valence-electron chi connectivity index (χ1n) is 9.77. The minimum Gasteiger partial charge on any atom is -0.356 e. The van der Waals surface area contributed by atoms with Crippen molar-refractivity contribution in [1.29, 1.82) is 0 Å². The molecule has 3 fully saturated rings. The number of carbonyl (C=O) groups is 1. The average molecular weight is 512 g/mol. The fourth-order valence-corrected chi connectivity index (χ4v) is 6.10. The number of likely N-dealkylation sites (tertiary alicyclic amines) is 1. The molecule has 2 atom stereocenters. The Balaban J connectivity index is 0.00000261. The van der Waals surface area contributed by atoms with Crippen molar-refractivity contribution in [2.45, 2.75) is 39.5 Å². The molecule has 2 N–H and O–H groups in total. The van der Waals surface area contributed by atoms with Crippen LogP contribution in [0.15, 0.2) is 4.99 Å². The highest BCUT2D eigenvalue weighted by molar-refractivity contribution is 14.0. The Morgan fingerprint density at radius 1 is 1.44 bits per heavy atom. The summed E-state index contributed by atoms with van der Waals surface area (Å²) in [6.45, 7) is 8.19. The van der Waals surface area contributed by atoms with Gasteiger partial charge in [0.15, 0.2) is 15.8 Å². The van der Waals surface area contributed by atoms with E-state index in [2.05, 4.69) is 29.4 Å². The van der Waals surface area contributed by atoms with Crippen LogP contribution in [0, 0.1) is 17.3 Å². The van der Waals surface area contributed by atoms with Crippen molar-refractivity contribution in [3.63, 3.8) is 0 Å². The second-order valence-corrected chi connectivity index (χ2v) is 10.9. The summed E-state index contributed by atoms with van der Waals surface area (Å²) >= 11 is 0. The van der Waals surface area contributed by atoms with Crippen LogP contribution in [0.3, 0.4) is 0 Å². The van der Waals surface area contributed by atoms with Crippen LogP contribution in [0.2, 0.25) is 0 Å². The molecular weight excluding hydrogens is 479 g/mol. The molecular formula is C18H33IN4O3S. The van der Waals surface area contributed by atoms with E-state index in [1.165, 1.54) is 0 Å². The average Bonchev–Trinajstić information content (AvgIpc) is 3.09. The molecule has 0 aliphatic carbocycles. The zero-order valence-electron chi connectivity index (χ0n) is 16.4. The van der Waals surface area contributed by atoms with Crippen molar-refractivity contribution in [3.8, 4) is 0 Å². The number of nitrogens with zero attached hydrogens (tertiary/aromatic N) is 2. The van der Waals surface area contributed by atoms with E-state index < -0.39 is 9.84 Å². The van der Waals surface area contributed by atoms with Gasteiger partial charge in [-0.05, 0) is 31.1 Å². The SMILES string of the molecule is CC(C)CN=C(NCC1CCS(=O)(=O)C1)N1CCCC2(CNC(=O)C2)C1.I. The summed E-state index contributed by atoms with van der Waals surface area (Å²) in [7, 11) is -2.86. The first-order chi connectivity index (χ1) is 12.3. The molecule has 3 aliphatic heterocycles. The molecule has 1 amide bonds. The number of hydrogen-bond donors (Lipinski definition) is 2. The number of aliphatic imine (C=N–C) groups is 1. The molecule has 3 aliphatic rings. The Morgan fingerprint density at radius 3 is 2.81 bits per heavy atom. The molecule has 0 aromatic carbocycles. The number of amides is 1. The van der Waals surface area contributed by atoms with Gasteiger partial charge in [-0.1, -0.05) is 13.8 Å². The molecule has 3 heterocycles. The first-order valence-corrected chi connectivity index (χ1v) is 11.6. The van der Waals surface area contributed by atoms with E-state index in [0.717, 1.165) is 51.4 Å². The standard InChI is InChI=1S/C18H32N4O3S.HI/c1-14(2)9-19-17(20-10-15-4-7-26(24,25)11-15)22-6-3-5-18(13-22)8-16(23)21-12-18;/h14-15H,3-13H2,1-2H3,(H,19,20)(H,21,23);1H. The van der Waals surface area contributed by atoms with Crippen LogP contribution >= 0.6 is 24.0 Å². The van der Waals surface area contributed by atoms with Gasteiger partial charge in [0.2, 0.25) is 5.91 Å². The molecule has 7 nitrogen and oxygen atoms in total. The number of rotatable bonds is 4. The van der Waals surface area contributed by atoms with Gasteiger partial charge in [-0.3, -0.25) is 9.79 Å². The van der Waals surface area contributed by atoms with E-state index >= 15 is 0 Å². The number of sulfone groups is 1. The summed E-state index contributed by atoms with van der Waals surface area (Å²) < 4.78 is 23.4. The van der Waals surface area contributed by atoms with E-state index in [9.17, 15) is 13.2 Å². The Kier molecular flexibility index (Phi) is 7.80. The van der Waals surface area contributed by atoms with Crippen molar-refractivity contribution in [2.75, 3.05) is 44.2 Å². The second kappa shape index (κ2) is 9.28. The maximum atomic E-state index is 11.7. The third-order valence-corrected chi connectivity index (χ3v) is 7.48. The van der Waals surface area contributed by atoms with Gasteiger partial charge >= 0.3 is 0 Å². The van der Waals surface area contributed by atoms with Crippen molar-refractivity contribution < 1.29 is 13.2 Å². The third-order valence-electron chi connectivity index (χ3n) is 5.64. The zero-order chi connectivity index (χ0) is 18.8. The fourth-order valence-electron chi connectivity index (χ4n) is 4.23. The van der Waals surface area contributed by atoms with Gasteiger partial charge in [0.1, 0.15) is 0 Å². The van der Waals surface area contributed by atoms with Gasteiger partial charge in [-0.2, -0.15) is 0 Å². The smallest absolute Gasteiger partial charge is 0.220 e. The van der Waals surface area contributed by atoms with Crippen LogP contribution in [-0.2, 0) is 14.6 Å². The minimum absolute atomic E-state index is 0. The molecule has 156 valence electrons. The Hall–Kier alpha value is -0.580. The molecule has 0 aromatic heterocycles. The normalized spacial score (nSPS) is 30.5. The molecule has 27 heavy (non-hydrogen) atoms. The molecule has 1 spiro atoms. The summed E-state index contributed by atoms with van der Waals surface area (Å²) in [6, 6.07) is 0. The van der Waals surface area contributed by atoms with E-state index in [-0.39, 0.29) is 47.0 Å². The van der Waals surface area contributed by atoms with E-state index in [1.54, 1.807) is 0 Å². The summed E-state index contributed by atoms with van der Waals surface area (Å²) in [5, 5.41) is 6.43. The van der Waals surface area contributed by atoms with Crippen LogP contribution in [0.1, 0.15) is 39.5 Å². The second-order valence-electron chi connectivity index (χ2n) is 8.69. The van der Waals surface area contributed by atoms with Crippen LogP contribution in [0.4, 0.5) is 0 Å². The third kappa shape index (κ3) is 6.20. The molecule has 0 radical (unpaired) electrons. The summed E-state index contributed by atoms with van der Waals surface area (Å²) in [6.07, 6.45) is 3.45. The number of nitrogens with one attached hydrogen (secondary N) is 2. The molecule has 0 bridgehead atoms. The highest BCUT2D eigenvalue weighted by Gasteiger charge is 2.42. The van der Waals surface area contributed by atoms with Crippen molar-refractivity contribution >= 4 is 45.7 Å². The number of carbonyl (C=O) groups excluding carboxylic acids is 1. The lowest BCUT2D eigenvalue weighted by molar-refractivity contribution is -0.119. The first kappa shape index (κ1) is 22.7. The Morgan fingerprint density at radius 2 is 2.22 bits per heavy atom. The summed E-state index contributed by atoms with van der Waals surface area (Å²) in [5.41, 5.74) is 0.0202. The topological polar surface area (TPSA) is 90.9 Å². The van der Waals surface area contributed by atoms with E-state index in [4.69, 9.17) is 4.99 Å². The number of halogens is 1. The molecule has 9 heteroatoms. The predicted molar refractivity (Wildman–Crippen MR) is 118 cm³/mol. The quantitative estimate of drug-likeness (QED) is 0.336. The maximum Gasteiger partial charge on any atom is 0.220 e. The number of guanidine groups is 1. The van der Waals surface area contributed by atoms with Crippen LogP contribution in [0.5, 0.6) is 0 Å². The lowest BCUT2D eigenvalue weighted by Crippen LogP contribution is -2.52. The molecule has 3 rings (SSSR count). The fraction of sp³-hybridized carbons (Fsp3) is 0.889. The molecule has 3 saturated heterocycles. The molecule has 0 aromatic rings. The highest BCUT2D eigenvalue weighted by Crippen LogP contribution is 2.36. The largest absolute Gasteiger partial charge is 0.356 e. The predicted octanol–water partition coefficient (Wildman–Crippen LogP) is 1.24. The maximum absolute atomic E-state index is 11.7. The van der Waals surface area contributed by atoms with E-state index in [0.29, 0.717) is 24.6 Å². The van der Waals surface area contributed by atoms with Gasteiger partial charge in [-0.25, -0.2) is 8.42 Å². The summed E-state index contributed by atoms with van der Waals surface area (Å²) in [4.78, 5) is 18.8. The van der Waals surface area contributed by atoms with Crippen LogP contribution < -0.4 is 10.6 Å². The monoisotopic (exact) mass is 512 g/mol. The molecule has 2 unspecified atom stereocenters. The van der Waals surface area contributed by atoms with Crippen LogP contribution in [0.25, 0.3) is 0 Å². The van der Waals surface area contributed by atoms with Gasteiger partial charge < -0.3 is 15.5 Å². The van der Waals surface area contributed by atoms with E-state index in [1.807, 2.05) is 0 Å². The van der Waals surface area contributed by atoms with Crippen molar-refractivity contribution in [1.82, 2.24) is 15.5 Å². The van der Waals surface area contributed by atoms with Crippen LogP contribution in [-0.4, -0.2) is 69.4 Å². The molecule has 0 saturated carbocycles.